The smallest absolute Gasteiger partial charge is 0.297 e. The minimum Gasteiger partial charge on any atom is -0.374 e. The molecule has 2 N–H and O–H groups in total. The molecule has 31 heavy (non-hydrogen) atoms. The Kier molecular flexibility index (Phi) is 12.1. The highest BCUT2D eigenvalue weighted by Crippen LogP contribution is 2.26. The van der Waals surface area contributed by atoms with E-state index < -0.39 is 22.3 Å². The van der Waals surface area contributed by atoms with Crippen LogP contribution in [0.25, 0.3) is 0 Å². The van der Waals surface area contributed by atoms with Gasteiger partial charge in [-0.25, -0.2) is 0 Å². The fourth-order valence-corrected chi connectivity index (χ4v) is 5.31. The average Bonchev–Trinajstić information content (AvgIpc) is 3.08. The Labute approximate surface area is 190 Å². The lowest BCUT2D eigenvalue weighted by atomic mass is 10.0. The molecule has 0 saturated carbocycles. The Morgan fingerprint density at radius 3 is 1.97 bits per heavy atom. The predicted molar refractivity (Wildman–Crippen MR) is 127 cm³/mol. The molecular weight excluding hydrogens is 410 g/mol. The first kappa shape index (κ1) is 26.3. The van der Waals surface area contributed by atoms with Crippen LogP contribution < -0.4 is 5.73 Å². The second-order valence-corrected chi connectivity index (χ2v) is 10.6. The topological polar surface area (TPSA) is 78.6 Å². The Morgan fingerprint density at radius 2 is 1.42 bits per heavy atom. The van der Waals surface area contributed by atoms with Crippen molar-refractivity contribution in [1.29, 1.82) is 0 Å². The van der Waals surface area contributed by atoms with Crippen LogP contribution >= 0.6 is 0 Å². The summed E-state index contributed by atoms with van der Waals surface area (Å²) in [7, 11) is -3.84. The molecule has 0 spiro atoms. The van der Waals surface area contributed by atoms with Gasteiger partial charge in [0.15, 0.2) is 0 Å². The van der Waals surface area contributed by atoms with Gasteiger partial charge in [-0.1, -0.05) is 102 Å². The fourth-order valence-electron chi connectivity index (χ4n) is 4.17. The molecule has 1 aromatic carbocycles. The lowest BCUT2D eigenvalue weighted by Gasteiger charge is -2.21. The van der Waals surface area contributed by atoms with Gasteiger partial charge < -0.3 is 10.5 Å². The second kappa shape index (κ2) is 14.2. The van der Waals surface area contributed by atoms with Gasteiger partial charge in [-0.3, -0.25) is 4.18 Å². The average molecular weight is 454 g/mol. The number of nitrogens with two attached hydrogens (primary N) is 1. The van der Waals surface area contributed by atoms with Gasteiger partial charge in [0.2, 0.25) is 0 Å². The lowest BCUT2D eigenvalue weighted by molar-refractivity contribution is 0.0481. The molecule has 0 aliphatic carbocycles. The van der Waals surface area contributed by atoms with Gasteiger partial charge in [-0.2, -0.15) is 8.42 Å². The van der Waals surface area contributed by atoms with Crippen LogP contribution in [0.4, 0.5) is 0 Å². The fraction of sp³-hybridized carbons (Fsp3) is 0.760. The standard InChI is InChI=1S/C25H43NO4S/c1-3-4-5-6-7-8-9-10-11-12-13-14-15-24-25(23(26)20-29-24)30-31(27,28)22-18-16-21(2)17-19-22/h16-19,23-25H,3-15,20,26H2,1-2H3/t23-,24-,25-/m0/s1. The van der Waals surface area contributed by atoms with Crippen molar-refractivity contribution in [1.82, 2.24) is 0 Å². The zero-order chi connectivity index (χ0) is 22.5. The molecule has 0 bridgehead atoms. The lowest BCUT2D eigenvalue weighted by Crippen LogP contribution is -2.40. The molecule has 0 unspecified atom stereocenters. The van der Waals surface area contributed by atoms with Gasteiger partial charge in [0.1, 0.15) is 6.10 Å². The monoisotopic (exact) mass is 453 g/mol. The van der Waals surface area contributed by atoms with Crippen LogP contribution in [0.15, 0.2) is 29.2 Å². The SMILES string of the molecule is CCCCCCCCCCCCCC[C@@H]1OC[C@H](N)[C@@H]1OS(=O)(=O)c1ccc(C)cc1. The molecule has 178 valence electrons. The summed E-state index contributed by atoms with van der Waals surface area (Å²) in [6.07, 6.45) is 15.5. The van der Waals surface area contributed by atoms with E-state index in [-0.39, 0.29) is 11.0 Å². The number of rotatable bonds is 16. The van der Waals surface area contributed by atoms with E-state index in [2.05, 4.69) is 6.92 Å². The summed E-state index contributed by atoms with van der Waals surface area (Å²) >= 11 is 0. The molecular formula is C25H43NO4S. The van der Waals surface area contributed by atoms with E-state index >= 15 is 0 Å². The molecule has 0 amide bonds. The maximum atomic E-state index is 12.6. The largest absolute Gasteiger partial charge is 0.374 e. The van der Waals surface area contributed by atoms with E-state index in [1.807, 2.05) is 6.92 Å². The van der Waals surface area contributed by atoms with Crippen molar-refractivity contribution in [3.05, 3.63) is 29.8 Å². The zero-order valence-electron chi connectivity index (χ0n) is 19.6. The molecule has 3 atom stereocenters. The van der Waals surface area contributed by atoms with Gasteiger partial charge in [-0.15, -0.1) is 0 Å². The maximum Gasteiger partial charge on any atom is 0.297 e. The summed E-state index contributed by atoms with van der Waals surface area (Å²) in [6, 6.07) is 6.28. The first-order chi connectivity index (χ1) is 14.9. The van der Waals surface area contributed by atoms with Gasteiger partial charge in [0.25, 0.3) is 10.1 Å². The van der Waals surface area contributed by atoms with Gasteiger partial charge in [0, 0.05) is 0 Å². The van der Waals surface area contributed by atoms with E-state index in [9.17, 15) is 8.42 Å². The van der Waals surface area contributed by atoms with Crippen molar-refractivity contribution in [3.63, 3.8) is 0 Å². The van der Waals surface area contributed by atoms with Crippen molar-refractivity contribution in [2.45, 2.75) is 120 Å². The van der Waals surface area contributed by atoms with Crippen LogP contribution in [0.1, 0.15) is 96.0 Å². The van der Waals surface area contributed by atoms with Crippen LogP contribution in [0, 0.1) is 6.92 Å². The molecule has 1 aliphatic heterocycles. The van der Waals surface area contributed by atoms with Crippen LogP contribution in [0.5, 0.6) is 0 Å². The first-order valence-electron chi connectivity index (χ1n) is 12.3. The summed E-state index contributed by atoms with van der Waals surface area (Å²) in [5, 5.41) is 0. The minimum absolute atomic E-state index is 0.168. The summed E-state index contributed by atoms with van der Waals surface area (Å²) in [4.78, 5) is 0.168. The third kappa shape index (κ3) is 9.60. The van der Waals surface area contributed by atoms with Crippen molar-refractivity contribution >= 4 is 10.1 Å². The maximum absolute atomic E-state index is 12.6. The molecule has 1 fully saturated rings. The zero-order valence-corrected chi connectivity index (χ0v) is 20.4. The van der Waals surface area contributed by atoms with Gasteiger partial charge in [-0.05, 0) is 25.5 Å². The van der Waals surface area contributed by atoms with Crippen LogP contribution in [-0.2, 0) is 19.0 Å². The molecule has 6 heteroatoms. The normalized spacial score (nSPS) is 21.6. The van der Waals surface area contributed by atoms with Crippen LogP contribution in [0.3, 0.4) is 0 Å². The van der Waals surface area contributed by atoms with Crippen molar-refractivity contribution in [2.75, 3.05) is 6.61 Å². The summed E-state index contributed by atoms with van der Waals surface area (Å²) < 4.78 is 36.6. The highest BCUT2D eigenvalue weighted by atomic mass is 32.2. The third-order valence-electron chi connectivity index (χ3n) is 6.18. The van der Waals surface area contributed by atoms with Gasteiger partial charge >= 0.3 is 0 Å². The van der Waals surface area contributed by atoms with Crippen LogP contribution in [-0.4, -0.2) is 33.3 Å². The first-order valence-corrected chi connectivity index (χ1v) is 13.7. The minimum atomic E-state index is -3.84. The number of ether oxygens (including phenoxy) is 1. The summed E-state index contributed by atoms with van der Waals surface area (Å²) in [5.41, 5.74) is 7.11. The van der Waals surface area contributed by atoms with E-state index in [0.717, 1.165) is 24.8 Å². The van der Waals surface area contributed by atoms with Crippen molar-refractivity contribution in [2.24, 2.45) is 5.73 Å². The number of hydrogen-bond donors (Lipinski definition) is 1. The number of benzene rings is 1. The highest BCUT2D eigenvalue weighted by molar-refractivity contribution is 7.86. The molecule has 2 rings (SSSR count). The van der Waals surface area contributed by atoms with Gasteiger partial charge in [0.05, 0.1) is 23.6 Å². The molecule has 0 radical (unpaired) electrons. The molecule has 1 saturated heterocycles. The summed E-state index contributed by atoms with van der Waals surface area (Å²) in [5.74, 6) is 0. The predicted octanol–water partition coefficient (Wildman–Crippen LogP) is 5.89. The van der Waals surface area contributed by atoms with Crippen molar-refractivity contribution in [3.8, 4) is 0 Å². The van der Waals surface area contributed by atoms with E-state index in [1.165, 1.54) is 64.2 Å². The molecule has 1 heterocycles. The Balaban J connectivity index is 1.62. The Hall–Kier alpha value is -0.950. The highest BCUT2D eigenvalue weighted by Gasteiger charge is 2.39. The molecule has 1 aliphatic rings. The van der Waals surface area contributed by atoms with Crippen LogP contribution in [0.2, 0.25) is 0 Å². The van der Waals surface area contributed by atoms with E-state index in [4.69, 9.17) is 14.7 Å². The van der Waals surface area contributed by atoms with E-state index in [1.54, 1.807) is 24.3 Å². The molecule has 0 aromatic heterocycles. The summed E-state index contributed by atoms with van der Waals surface area (Å²) in [6.45, 7) is 4.52. The van der Waals surface area contributed by atoms with E-state index in [0.29, 0.717) is 6.61 Å². The molecule has 1 aromatic rings. The Bertz CT molecular complexity index is 705. The second-order valence-electron chi connectivity index (χ2n) is 9.04. The number of unbranched alkanes of at least 4 members (excludes halogenated alkanes) is 11. The number of hydrogen-bond acceptors (Lipinski definition) is 5. The Morgan fingerprint density at radius 1 is 0.903 bits per heavy atom. The third-order valence-corrected chi connectivity index (χ3v) is 7.51. The molecule has 5 nitrogen and oxygen atoms in total. The number of aryl methyl sites for hydroxylation is 1. The van der Waals surface area contributed by atoms with Crippen molar-refractivity contribution < 1.29 is 17.3 Å². The quantitative estimate of drug-likeness (QED) is 0.249.